The molecule has 1 aromatic rings. The summed E-state index contributed by atoms with van der Waals surface area (Å²) in [5.41, 5.74) is 5.51. The van der Waals surface area contributed by atoms with Crippen molar-refractivity contribution in [2.45, 2.75) is 6.92 Å². The molecule has 1 rings (SSSR count). The third kappa shape index (κ3) is 3.42. The predicted molar refractivity (Wildman–Crippen MR) is 65.1 cm³/mol. The number of nitrogens with two attached hydrogens (primary N) is 1. The third-order valence-corrected chi connectivity index (χ3v) is 3.87. The van der Waals surface area contributed by atoms with Gasteiger partial charge in [-0.25, -0.2) is 12.8 Å². The van der Waals surface area contributed by atoms with Crippen LogP contribution in [-0.2, 0) is 10.0 Å². The Hall–Kier alpha value is -1.63. The summed E-state index contributed by atoms with van der Waals surface area (Å²) in [7, 11) is -3.53. The Morgan fingerprint density at radius 1 is 1.41 bits per heavy atom. The second-order valence-corrected chi connectivity index (χ2v) is 5.59. The van der Waals surface area contributed by atoms with Crippen LogP contribution in [0.2, 0.25) is 0 Å². The lowest BCUT2D eigenvalue weighted by molar-refractivity contribution is 0.594. The normalized spacial score (nSPS) is 11.2. The molecule has 0 bridgehead atoms. The van der Waals surface area contributed by atoms with Gasteiger partial charge in [-0.15, -0.1) is 0 Å². The first-order valence-corrected chi connectivity index (χ1v) is 6.56. The molecule has 1 aromatic carbocycles. The number of sulfonamides is 1. The number of amidine groups is 1. The van der Waals surface area contributed by atoms with Gasteiger partial charge in [-0.1, -0.05) is 0 Å². The lowest BCUT2D eigenvalue weighted by Gasteiger charge is -2.23. The van der Waals surface area contributed by atoms with Crippen LogP contribution in [0.4, 0.5) is 10.1 Å². The van der Waals surface area contributed by atoms with Crippen LogP contribution < -0.4 is 10.0 Å². The molecule has 0 radical (unpaired) electrons. The second-order valence-electron chi connectivity index (χ2n) is 3.41. The van der Waals surface area contributed by atoms with Crippen molar-refractivity contribution in [2.75, 3.05) is 16.6 Å². The van der Waals surface area contributed by atoms with Gasteiger partial charge in [0.1, 0.15) is 11.7 Å². The predicted octanol–water partition coefficient (Wildman–Crippen LogP) is 0.918. The number of nitrogens with zero attached hydrogens (tertiary/aromatic N) is 1. The molecule has 0 saturated heterocycles. The van der Waals surface area contributed by atoms with Gasteiger partial charge < -0.3 is 5.73 Å². The molecule has 94 valence electrons. The summed E-state index contributed by atoms with van der Waals surface area (Å²) in [4.78, 5) is 0. The van der Waals surface area contributed by atoms with E-state index in [2.05, 4.69) is 0 Å². The molecule has 5 nitrogen and oxygen atoms in total. The van der Waals surface area contributed by atoms with Crippen molar-refractivity contribution in [2.24, 2.45) is 5.73 Å². The Balaban J connectivity index is 3.15. The van der Waals surface area contributed by atoms with Gasteiger partial charge in [0, 0.05) is 0 Å². The van der Waals surface area contributed by atoms with E-state index in [1.54, 1.807) is 0 Å². The molecule has 0 aromatic heterocycles. The molecule has 7 heteroatoms. The fourth-order valence-corrected chi connectivity index (χ4v) is 2.36. The summed E-state index contributed by atoms with van der Waals surface area (Å²) in [6, 6.07) is 5.00. The first-order chi connectivity index (χ1) is 7.86. The van der Waals surface area contributed by atoms with E-state index in [1.807, 2.05) is 0 Å². The van der Waals surface area contributed by atoms with Gasteiger partial charge in [-0.2, -0.15) is 0 Å². The summed E-state index contributed by atoms with van der Waals surface area (Å²) in [6.45, 7) is 1.26. The summed E-state index contributed by atoms with van der Waals surface area (Å²) in [5.74, 6) is -0.839. The molecule has 0 heterocycles. The zero-order valence-corrected chi connectivity index (χ0v) is 10.2. The van der Waals surface area contributed by atoms with Crippen molar-refractivity contribution < 1.29 is 12.8 Å². The van der Waals surface area contributed by atoms with E-state index in [0.29, 0.717) is 5.69 Å². The Kier molecular flexibility index (Phi) is 4.06. The molecule has 0 fully saturated rings. The van der Waals surface area contributed by atoms with Crippen LogP contribution in [-0.4, -0.2) is 26.6 Å². The van der Waals surface area contributed by atoms with Crippen LogP contribution in [0.1, 0.15) is 6.92 Å². The van der Waals surface area contributed by atoms with Gasteiger partial charge >= 0.3 is 0 Å². The second kappa shape index (κ2) is 5.13. The molecule has 0 saturated carbocycles. The number of benzene rings is 1. The Morgan fingerprint density at radius 2 is 1.94 bits per heavy atom. The molecule has 0 atom stereocenters. The van der Waals surface area contributed by atoms with Crippen LogP contribution in [0.5, 0.6) is 0 Å². The summed E-state index contributed by atoms with van der Waals surface area (Å²) < 4.78 is 37.4. The van der Waals surface area contributed by atoms with Gasteiger partial charge in [-0.05, 0) is 31.2 Å². The Morgan fingerprint density at radius 3 is 2.35 bits per heavy atom. The number of halogens is 1. The first-order valence-electron chi connectivity index (χ1n) is 4.95. The van der Waals surface area contributed by atoms with Gasteiger partial charge in [0.25, 0.3) is 0 Å². The highest BCUT2D eigenvalue weighted by molar-refractivity contribution is 7.92. The number of hydrogen-bond donors (Lipinski definition) is 2. The highest BCUT2D eigenvalue weighted by Crippen LogP contribution is 2.18. The van der Waals surface area contributed by atoms with Gasteiger partial charge in [0.15, 0.2) is 0 Å². The van der Waals surface area contributed by atoms with E-state index < -0.39 is 15.8 Å². The van der Waals surface area contributed by atoms with E-state index >= 15 is 0 Å². The van der Waals surface area contributed by atoms with Crippen LogP contribution in [0, 0.1) is 11.2 Å². The molecule has 0 amide bonds. The molecular weight excluding hydrogens is 245 g/mol. The standard InChI is InChI=1S/C10H14FN3O2S/c1-2-17(15,16)14(7-10(12)13)9-5-3-8(11)4-6-9/h3-6H,2,7H2,1H3,(H3,12,13). The highest BCUT2D eigenvalue weighted by Gasteiger charge is 2.21. The van der Waals surface area contributed by atoms with Crippen molar-refractivity contribution >= 4 is 21.5 Å². The maximum atomic E-state index is 12.8. The largest absolute Gasteiger partial charge is 0.386 e. The molecule has 0 aliphatic rings. The van der Waals surface area contributed by atoms with Crippen molar-refractivity contribution in [3.05, 3.63) is 30.1 Å². The highest BCUT2D eigenvalue weighted by atomic mass is 32.2. The first kappa shape index (κ1) is 13.4. The number of hydrogen-bond acceptors (Lipinski definition) is 3. The Labute approximate surface area is 99.6 Å². The lowest BCUT2D eigenvalue weighted by atomic mass is 10.3. The molecular formula is C10H14FN3O2S. The fourth-order valence-electron chi connectivity index (χ4n) is 1.27. The van der Waals surface area contributed by atoms with E-state index in [1.165, 1.54) is 19.1 Å². The van der Waals surface area contributed by atoms with Crippen molar-refractivity contribution in [1.82, 2.24) is 0 Å². The fraction of sp³-hybridized carbons (Fsp3) is 0.300. The molecule has 0 unspecified atom stereocenters. The maximum absolute atomic E-state index is 12.8. The smallest absolute Gasteiger partial charge is 0.235 e. The van der Waals surface area contributed by atoms with E-state index in [-0.39, 0.29) is 18.1 Å². The summed E-state index contributed by atoms with van der Waals surface area (Å²) in [5, 5.41) is 7.17. The summed E-state index contributed by atoms with van der Waals surface area (Å²) in [6.07, 6.45) is 0. The van der Waals surface area contributed by atoms with Crippen molar-refractivity contribution in [3.8, 4) is 0 Å². The van der Waals surface area contributed by atoms with Crippen LogP contribution in [0.15, 0.2) is 24.3 Å². The zero-order chi connectivity index (χ0) is 13.1. The van der Waals surface area contributed by atoms with Crippen LogP contribution >= 0.6 is 0 Å². The molecule has 0 aliphatic heterocycles. The van der Waals surface area contributed by atoms with E-state index in [4.69, 9.17) is 11.1 Å². The third-order valence-electron chi connectivity index (χ3n) is 2.13. The SMILES string of the molecule is CCS(=O)(=O)N(CC(=N)N)c1ccc(F)cc1. The molecule has 17 heavy (non-hydrogen) atoms. The van der Waals surface area contributed by atoms with Gasteiger partial charge in [0.2, 0.25) is 10.0 Å². The number of nitrogens with one attached hydrogen (secondary N) is 1. The Bertz CT molecular complexity index is 499. The number of rotatable bonds is 5. The molecule has 0 aliphatic carbocycles. The average Bonchev–Trinajstić information content (AvgIpc) is 2.27. The summed E-state index contributed by atoms with van der Waals surface area (Å²) >= 11 is 0. The topological polar surface area (TPSA) is 87.2 Å². The minimum absolute atomic E-state index is 0.113. The van der Waals surface area contributed by atoms with E-state index in [0.717, 1.165) is 16.4 Å². The quantitative estimate of drug-likeness (QED) is 0.609. The van der Waals surface area contributed by atoms with Gasteiger partial charge in [-0.3, -0.25) is 9.71 Å². The van der Waals surface area contributed by atoms with Gasteiger partial charge in [0.05, 0.1) is 18.0 Å². The zero-order valence-electron chi connectivity index (χ0n) is 9.35. The van der Waals surface area contributed by atoms with Crippen LogP contribution in [0.3, 0.4) is 0 Å². The number of anilines is 1. The molecule has 3 N–H and O–H groups in total. The minimum Gasteiger partial charge on any atom is -0.386 e. The average molecular weight is 259 g/mol. The van der Waals surface area contributed by atoms with Crippen LogP contribution in [0.25, 0.3) is 0 Å². The minimum atomic E-state index is -3.53. The molecule has 0 spiro atoms. The van der Waals surface area contributed by atoms with E-state index in [9.17, 15) is 12.8 Å². The van der Waals surface area contributed by atoms with Crippen molar-refractivity contribution in [3.63, 3.8) is 0 Å². The maximum Gasteiger partial charge on any atom is 0.235 e. The van der Waals surface area contributed by atoms with Crippen molar-refractivity contribution in [1.29, 1.82) is 5.41 Å². The lowest BCUT2D eigenvalue weighted by Crippen LogP contribution is -2.39. The monoisotopic (exact) mass is 259 g/mol.